The topological polar surface area (TPSA) is 159 Å². The molecule has 1 atom stereocenters. The third-order valence-corrected chi connectivity index (χ3v) is 6.82. The molecule has 0 fully saturated rings. The van der Waals surface area contributed by atoms with Crippen molar-refractivity contribution < 1.29 is 38.5 Å². The highest BCUT2D eigenvalue weighted by molar-refractivity contribution is 6.02. The van der Waals surface area contributed by atoms with Gasteiger partial charge >= 0.3 is 18.2 Å². The first-order valence-corrected chi connectivity index (χ1v) is 14.1. The van der Waals surface area contributed by atoms with Crippen molar-refractivity contribution in [2.45, 2.75) is 38.6 Å². The molecule has 13 heteroatoms. The number of methoxy groups -OCH3 is 1. The van der Waals surface area contributed by atoms with E-state index in [1.54, 1.807) is 20.8 Å². The number of carbonyl (C=O) groups is 4. The highest BCUT2D eigenvalue weighted by Gasteiger charge is 2.29. The summed E-state index contributed by atoms with van der Waals surface area (Å²) in [6.07, 6.45) is -0.106. The van der Waals surface area contributed by atoms with Gasteiger partial charge in [-0.15, -0.1) is 0 Å². The van der Waals surface area contributed by atoms with Crippen molar-refractivity contribution in [3.63, 3.8) is 0 Å². The third-order valence-electron chi connectivity index (χ3n) is 6.82. The van der Waals surface area contributed by atoms with E-state index in [1.807, 2.05) is 48.5 Å². The molecule has 234 valence electrons. The minimum absolute atomic E-state index is 0.0000888. The van der Waals surface area contributed by atoms with Crippen LogP contribution in [0.25, 0.3) is 11.1 Å². The van der Waals surface area contributed by atoms with E-state index in [4.69, 9.17) is 14.2 Å². The minimum atomic E-state index is -1.48. The van der Waals surface area contributed by atoms with Crippen molar-refractivity contribution in [2.24, 2.45) is 4.99 Å². The molecule has 2 aromatic carbocycles. The van der Waals surface area contributed by atoms with Crippen LogP contribution in [0.2, 0.25) is 0 Å². The zero-order chi connectivity index (χ0) is 31.9. The van der Waals surface area contributed by atoms with Gasteiger partial charge in [0.1, 0.15) is 31.1 Å². The number of amidine groups is 1. The molecule has 4 rings (SSSR count). The Labute approximate surface area is 255 Å². The normalized spacial score (nSPS) is 15.4. The molecule has 2 aliphatic rings. The Balaban J connectivity index is 1.28. The lowest BCUT2D eigenvalue weighted by Gasteiger charge is -2.29. The molecule has 0 saturated carbocycles. The molecule has 0 aromatic heterocycles. The number of alkyl carbamates (subject to hydrolysis) is 2. The molecular weight excluding hydrogens is 570 g/mol. The molecule has 44 heavy (non-hydrogen) atoms. The fraction of sp³-hybridized carbons (Fsp3) is 0.387. The quantitative estimate of drug-likeness (QED) is 0.288. The zero-order valence-corrected chi connectivity index (χ0v) is 25.1. The number of amides is 3. The number of benzene rings is 2. The Morgan fingerprint density at radius 2 is 1.64 bits per heavy atom. The number of esters is 1. The van der Waals surface area contributed by atoms with Crippen LogP contribution < -0.4 is 10.6 Å². The average Bonchev–Trinajstić information content (AvgIpc) is 3.29. The van der Waals surface area contributed by atoms with Crippen LogP contribution in [0.3, 0.4) is 0 Å². The maximum absolute atomic E-state index is 13.1. The second kappa shape index (κ2) is 14.0. The van der Waals surface area contributed by atoms with Gasteiger partial charge in [0.15, 0.2) is 0 Å². The van der Waals surface area contributed by atoms with Crippen LogP contribution in [0.5, 0.6) is 0 Å². The molecular formula is C31H37N5O8. The summed E-state index contributed by atoms with van der Waals surface area (Å²) in [5, 5.41) is 15.5. The van der Waals surface area contributed by atoms with Gasteiger partial charge in [-0.3, -0.25) is 14.9 Å². The summed E-state index contributed by atoms with van der Waals surface area (Å²) in [5.41, 5.74) is 3.68. The zero-order valence-electron chi connectivity index (χ0n) is 25.1. The smallest absolute Gasteiger partial charge is 0.413 e. The predicted molar refractivity (Wildman–Crippen MR) is 160 cm³/mol. The van der Waals surface area contributed by atoms with Gasteiger partial charge in [-0.1, -0.05) is 48.5 Å². The van der Waals surface area contributed by atoms with Crippen LogP contribution in [-0.4, -0.2) is 96.7 Å². The van der Waals surface area contributed by atoms with Gasteiger partial charge in [0, 0.05) is 25.2 Å². The summed E-state index contributed by atoms with van der Waals surface area (Å²) in [6, 6.07) is 16.0. The Morgan fingerprint density at radius 3 is 2.23 bits per heavy atom. The number of carbonyl (C=O) groups excluding carboxylic acids is 4. The summed E-state index contributed by atoms with van der Waals surface area (Å²) in [4.78, 5) is 56.0. The first-order valence-electron chi connectivity index (χ1n) is 14.1. The van der Waals surface area contributed by atoms with Crippen LogP contribution in [-0.2, 0) is 23.8 Å². The summed E-state index contributed by atoms with van der Waals surface area (Å²) in [6.45, 7) is 4.52. The molecule has 0 radical (unpaired) electrons. The highest BCUT2D eigenvalue weighted by atomic mass is 16.6. The average molecular weight is 608 g/mol. The third kappa shape index (κ3) is 8.34. The Kier molecular flexibility index (Phi) is 10.2. The van der Waals surface area contributed by atoms with E-state index >= 15 is 0 Å². The second-order valence-electron chi connectivity index (χ2n) is 11.1. The van der Waals surface area contributed by atoms with Gasteiger partial charge in [-0.2, -0.15) is 0 Å². The minimum Gasteiger partial charge on any atom is -0.468 e. The molecule has 1 unspecified atom stereocenters. The van der Waals surface area contributed by atoms with Crippen molar-refractivity contribution >= 4 is 29.9 Å². The summed E-state index contributed by atoms with van der Waals surface area (Å²) in [7, 11) is 1.20. The fourth-order valence-electron chi connectivity index (χ4n) is 4.81. The lowest BCUT2D eigenvalue weighted by atomic mass is 9.98. The number of nitrogens with zero attached hydrogens (tertiary/aromatic N) is 3. The van der Waals surface area contributed by atoms with E-state index in [-0.39, 0.29) is 44.5 Å². The number of fused-ring (bicyclic) bond motifs is 3. The van der Waals surface area contributed by atoms with Crippen LogP contribution in [0.15, 0.2) is 65.8 Å². The van der Waals surface area contributed by atoms with Crippen molar-refractivity contribution in [2.75, 3.05) is 39.9 Å². The lowest BCUT2D eigenvalue weighted by molar-refractivity contribution is -0.147. The van der Waals surface area contributed by atoms with Gasteiger partial charge in [0.05, 0.1) is 7.11 Å². The van der Waals surface area contributed by atoms with Gasteiger partial charge < -0.3 is 34.4 Å². The Hall–Kier alpha value is -4.91. The van der Waals surface area contributed by atoms with Crippen LogP contribution in [0.4, 0.5) is 9.59 Å². The number of rotatable bonds is 9. The number of hydrogen-bond acceptors (Lipinski definition) is 10. The Morgan fingerprint density at radius 1 is 1.00 bits per heavy atom. The molecule has 13 nitrogen and oxygen atoms in total. The van der Waals surface area contributed by atoms with E-state index < -0.39 is 36.0 Å². The van der Waals surface area contributed by atoms with Gasteiger partial charge in [-0.05, 0) is 49.1 Å². The number of aliphatic hydroxyl groups is 1. The van der Waals surface area contributed by atoms with E-state index in [1.165, 1.54) is 29.2 Å². The molecule has 0 bridgehead atoms. The number of ether oxygens (including phenoxy) is 3. The lowest BCUT2D eigenvalue weighted by Crippen LogP contribution is -2.48. The van der Waals surface area contributed by atoms with Crippen molar-refractivity contribution in [3.05, 3.63) is 71.9 Å². The molecule has 0 spiro atoms. The van der Waals surface area contributed by atoms with Crippen molar-refractivity contribution in [1.82, 2.24) is 20.4 Å². The van der Waals surface area contributed by atoms with Crippen LogP contribution >= 0.6 is 0 Å². The molecule has 3 amide bonds. The van der Waals surface area contributed by atoms with Crippen LogP contribution in [0.1, 0.15) is 37.8 Å². The first-order chi connectivity index (χ1) is 20.9. The first kappa shape index (κ1) is 32.0. The molecule has 1 aliphatic carbocycles. The fourth-order valence-corrected chi connectivity index (χ4v) is 4.81. The number of hydrogen-bond donors (Lipinski definition) is 3. The maximum atomic E-state index is 13.1. The largest absolute Gasteiger partial charge is 0.468 e. The number of aliphatic hydroxyl groups excluding tert-OH is 1. The number of aliphatic imine (C=N–C) groups is 1. The van der Waals surface area contributed by atoms with Gasteiger partial charge in [-0.25, -0.2) is 14.6 Å². The SMILES string of the molecule is COC(=O)CN(CCNC(=O)OCC1c2ccccc2-c2ccccc21)C(=O)CN1C=CC(NC(=O)OC(C)(C)C)=NC1O. The maximum Gasteiger partial charge on any atom is 0.413 e. The summed E-state index contributed by atoms with van der Waals surface area (Å²) >= 11 is 0. The van der Waals surface area contributed by atoms with Crippen molar-refractivity contribution in [3.8, 4) is 11.1 Å². The monoisotopic (exact) mass is 607 g/mol. The summed E-state index contributed by atoms with van der Waals surface area (Å²) < 4.78 is 15.4. The predicted octanol–water partition coefficient (Wildman–Crippen LogP) is 2.56. The van der Waals surface area contributed by atoms with E-state index in [2.05, 4.69) is 15.6 Å². The summed E-state index contributed by atoms with van der Waals surface area (Å²) in [5.74, 6) is -1.24. The molecule has 1 aliphatic heterocycles. The highest BCUT2D eigenvalue weighted by Crippen LogP contribution is 2.44. The van der Waals surface area contributed by atoms with E-state index in [9.17, 15) is 24.3 Å². The van der Waals surface area contributed by atoms with E-state index in [0.717, 1.165) is 22.3 Å². The molecule has 2 aromatic rings. The molecule has 3 N–H and O–H groups in total. The Bertz CT molecular complexity index is 1410. The van der Waals surface area contributed by atoms with Crippen molar-refractivity contribution in [1.29, 1.82) is 0 Å². The number of nitrogens with one attached hydrogen (secondary N) is 2. The standard InChI is InChI=1S/C31H37N5O8/c1-31(2,3)44-30(41)34-25-13-15-36(28(39)33-25)17-26(37)35(18-27(38)42-4)16-14-32-29(40)43-19-24-22-11-7-5-9-20(22)21-10-6-8-12-23(21)24/h5-13,15,24,28,39H,14,16-19H2,1-4H3,(H,32,40)(H,33,34,41). The molecule has 1 heterocycles. The second-order valence-corrected chi connectivity index (χ2v) is 11.1. The van der Waals surface area contributed by atoms with Gasteiger partial charge in [0.25, 0.3) is 0 Å². The molecule has 0 saturated heterocycles. The van der Waals surface area contributed by atoms with Crippen LogP contribution in [0, 0.1) is 0 Å². The van der Waals surface area contributed by atoms with E-state index in [0.29, 0.717) is 0 Å². The van der Waals surface area contributed by atoms with Gasteiger partial charge in [0.2, 0.25) is 12.3 Å².